The minimum absolute atomic E-state index is 0.408. The van der Waals surface area contributed by atoms with Gasteiger partial charge in [0.25, 0.3) is 0 Å². The SMILES string of the molecule is CCCCCOc1ccc(C=Cc2ccc(C(=O)Oc3ccc(C#N)cc3)cc2)cc1. The molecule has 0 aliphatic heterocycles. The van der Waals surface area contributed by atoms with Crippen molar-refractivity contribution in [1.29, 1.82) is 5.26 Å². The molecule has 0 aromatic heterocycles. The summed E-state index contributed by atoms with van der Waals surface area (Å²) < 4.78 is 11.1. The number of hydrogen-bond acceptors (Lipinski definition) is 4. The summed E-state index contributed by atoms with van der Waals surface area (Å²) in [5, 5.41) is 8.82. The zero-order chi connectivity index (χ0) is 21.9. The maximum absolute atomic E-state index is 12.3. The van der Waals surface area contributed by atoms with E-state index in [4.69, 9.17) is 14.7 Å². The first kappa shape index (κ1) is 21.9. The number of benzene rings is 3. The van der Waals surface area contributed by atoms with Gasteiger partial charge in [-0.2, -0.15) is 5.26 Å². The molecule has 4 heteroatoms. The molecule has 3 aromatic carbocycles. The maximum Gasteiger partial charge on any atom is 0.343 e. The standard InChI is InChI=1S/C27H25NO3/c1-2-3-4-19-30-25-15-9-22(10-16-25)6-5-21-7-13-24(14-8-21)27(29)31-26-17-11-23(20-28)12-18-26/h5-18H,2-4,19H2,1H3. The average molecular weight is 412 g/mol. The minimum Gasteiger partial charge on any atom is -0.494 e. The summed E-state index contributed by atoms with van der Waals surface area (Å²) >= 11 is 0. The van der Waals surface area contributed by atoms with Gasteiger partial charge in [-0.05, 0) is 66.1 Å². The summed E-state index contributed by atoms with van der Waals surface area (Å²) in [5.41, 5.74) is 3.04. The molecule has 0 heterocycles. The summed E-state index contributed by atoms with van der Waals surface area (Å²) in [5.74, 6) is 0.860. The van der Waals surface area contributed by atoms with E-state index in [0.29, 0.717) is 16.9 Å². The molecule has 3 aromatic rings. The lowest BCUT2D eigenvalue weighted by Crippen LogP contribution is -2.08. The number of nitrogens with zero attached hydrogens (tertiary/aromatic N) is 1. The first-order valence-electron chi connectivity index (χ1n) is 10.4. The van der Waals surface area contributed by atoms with Crippen molar-refractivity contribution >= 4 is 18.1 Å². The van der Waals surface area contributed by atoms with Gasteiger partial charge in [-0.15, -0.1) is 0 Å². The van der Waals surface area contributed by atoms with Crippen LogP contribution in [-0.4, -0.2) is 12.6 Å². The van der Waals surface area contributed by atoms with Crippen LogP contribution in [0.2, 0.25) is 0 Å². The molecule has 0 aliphatic rings. The van der Waals surface area contributed by atoms with Crippen LogP contribution in [0.25, 0.3) is 12.2 Å². The van der Waals surface area contributed by atoms with Crippen molar-refractivity contribution in [3.63, 3.8) is 0 Å². The molecule has 0 spiro atoms. The molecule has 0 amide bonds. The van der Waals surface area contributed by atoms with E-state index < -0.39 is 5.97 Å². The Morgan fingerprint density at radius 3 is 2.00 bits per heavy atom. The molecule has 4 nitrogen and oxygen atoms in total. The zero-order valence-electron chi connectivity index (χ0n) is 17.6. The number of unbranched alkanes of at least 4 members (excludes halogenated alkanes) is 2. The Labute approximate surface area is 183 Å². The molecule has 0 saturated heterocycles. The highest BCUT2D eigenvalue weighted by atomic mass is 16.5. The largest absolute Gasteiger partial charge is 0.494 e. The van der Waals surface area contributed by atoms with Gasteiger partial charge in [-0.25, -0.2) is 4.79 Å². The Morgan fingerprint density at radius 2 is 1.42 bits per heavy atom. The molecule has 156 valence electrons. The lowest BCUT2D eigenvalue weighted by atomic mass is 10.1. The number of esters is 1. The van der Waals surface area contributed by atoms with Gasteiger partial charge in [-0.3, -0.25) is 0 Å². The van der Waals surface area contributed by atoms with Crippen molar-refractivity contribution in [3.05, 3.63) is 95.1 Å². The quantitative estimate of drug-likeness (QED) is 0.174. The highest BCUT2D eigenvalue weighted by Gasteiger charge is 2.08. The van der Waals surface area contributed by atoms with Gasteiger partial charge >= 0.3 is 5.97 Å². The summed E-state index contributed by atoms with van der Waals surface area (Å²) in [7, 11) is 0. The maximum atomic E-state index is 12.3. The molecule has 0 saturated carbocycles. The third-order valence-electron chi connectivity index (χ3n) is 4.71. The van der Waals surface area contributed by atoms with E-state index in [9.17, 15) is 4.79 Å². The highest BCUT2D eigenvalue weighted by Crippen LogP contribution is 2.17. The van der Waals surface area contributed by atoms with Crippen molar-refractivity contribution in [1.82, 2.24) is 0 Å². The third-order valence-corrected chi connectivity index (χ3v) is 4.71. The zero-order valence-corrected chi connectivity index (χ0v) is 17.6. The lowest BCUT2D eigenvalue weighted by Gasteiger charge is -2.06. The smallest absolute Gasteiger partial charge is 0.343 e. The summed E-state index contributed by atoms with van der Waals surface area (Å²) in [4.78, 5) is 12.3. The molecule has 0 fully saturated rings. The van der Waals surface area contributed by atoms with Crippen molar-refractivity contribution in [2.24, 2.45) is 0 Å². The number of nitriles is 1. The van der Waals surface area contributed by atoms with Crippen LogP contribution in [0.3, 0.4) is 0 Å². The average Bonchev–Trinajstić information content (AvgIpc) is 2.82. The molecule has 0 unspecified atom stereocenters. The first-order chi connectivity index (χ1) is 15.2. The number of hydrogen-bond donors (Lipinski definition) is 0. The van der Waals surface area contributed by atoms with Crippen molar-refractivity contribution in [3.8, 4) is 17.6 Å². The Morgan fingerprint density at radius 1 is 0.839 bits per heavy atom. The molecule has 0 atom stereocenters. The predicted molar refractivity (Wildman–Crippen MR) is 123 cm³/mol. The van der Waals surface area contributed by atoms with Crippen LogP contribution in [0.15, 0.2) is 72.8 Å². The van der Waals surface area contributed by atoms with E-state index in [1.165, 1.54) is 12.8 Å². The topological polar surface area (TPSA) is 59.3 Å². The fourth-order valence-corrected chi connectivity index (χ4v) is 2.90. The fraction of sp³-hybridized carbons (Fsp3) is 0.185. The Kier molecular flexibility index (Phi) is 8.02. The van der Waals surface area contributed by atoms with Crippen LogP contribution in [0.1, 0.15) is 53.2 Å². The number of ether oxygens (including phenoxy) is 2. The molecule has 0 bridgehead atoms. The van der Waals surface area contributed by atoms with E-state index in [1.807, 2.05) is 54.6 Å². The van der Waals surface area contributed by atoms with Gasteiger partial charge in [0.1, 0.15) is 11.5 Å². The number of carbonyl (C=O) groups is 1. The van der Waals surface area contributed by atoms with E-state index in [1.54, 1.807) is 36.4 Å². The molecule has 0 N–H and O–H groups in total. The van der Waals surface area contributed by atoms with Crippen LogP contribution < -0.4 is 9.47 Å². The monoisotopic (exact) mass is 411 g/mol. The number of rotatable bonds is 9. The molecule has 3 rings (SSSR count). The lowest BCUT2D eigenvalue weighted by molar-refractivity contribution is 0.0734. The minimum atomic E-state index is -0.435. The number of carbonyl (C=O) groups excluding carboxylic acids is 1. The molecule has 0 aliphatic carbocycles. The van der Waals surface area contributed by atoms with Gasteiger partial charge in [0.2, 0.25) is 0 Å². The molecule has 31 heavy (non-hydrogen) atoms. The van der Waals surface area contributed by atoms with Gasteiger partial charge in [0.15, 0.2) is 0 Å². The van der Waals surface area contributed by atoms with Crippen LogP contribution >= 0.6 is 0 Å². The van der Waals surface area contributed by atoms with Crippen LogP contribution in [0, 0.1) is 11.3 Å². The Bertz CT molecular complexity index is 1040. The fourth-order valence-electron chi connectivity index (χ4n) is 2.90. The van der Waals surface area contributed by atoms with E-state index in [2.05, 4.69) is 6.92 Å². The molecular weight excluding hydrogens is 386 g/mol. The summed E-state index contributed by atoms with van der Waals surface area (Å²) in [6.45, 7) is 2.93. The molecular formula is C27H25NO3. The van der Waals surface area contributed by atoms with E-state index in [0.717, 1.165) is 29.9 Å². The first-order valence-corrected chi connectivity index (χ1v) is 10.4. The van der Waals surface area contributed by atoms with Crippen LogP contribution in [0.5, 0.6) is 11.5 Å². The summed E-state index contributed by atoms with van der Waals surface area (Å²) in [6, 6.07) is 23.7. The normalized spacial score (nSPS) is 10.6. The van der Waals surface area contributed by atoms with Gasteiger partial charge in [0.05, 0.1) is 23.8 Å². The predicted octanol–water partition coefficient (Wildman–Crippen LogP) is 6.52. The van der Waals surface area contributed by atoms with Gasteiger partial charge < -0.3 is 9.47 Å². The van der Waals surface area contributed by atoms with Crippen molar-refractivity contribution < 1.29 is 14.3 Å². The second-order valence-electron chi connectivity index (χ2n) is 7.11. The van der Waals surface area contributed by atoms with Crippen LogP contribution in [0.4, 0.5) is 0 Å². The van der Waals surface area contributed by atoms with Gasteiger partial charge in [-0.1, -0.05) is 56.2 Å². The second-order valence-corrected chi connectivity index (χ2v) is 7.11. The molecule has 0 radical (unpaired) electrons. The van der Waals surface area contributed by atoms with Crippen molar-refractivity contribution in [2.45, 2.75) is 26.2 Å². The van der Waals surface area contributed by atoms with Gasteiger partial charge in [0, 0.05) is 0 Å². The van der Waals surface area contributed by atoms with E-state index in [-0.39, 0.29) is 0 Å². The van der Waals surface area contributed by atoms with Crippen molar-refractivity contribution in [2.75, 3.05) is 6.61 Å². The Hall–Kier alpha value is -3.84. The Balaban J connectivity index is 1.54. The van der Waals surface area contributed by atoms with Crippen LogP contribution in [-0.2, 0) is 0 Å². The third kappa shape index (κ3) is 6.87. The second kappa shape index (κ2) is 11.4. The summed E-state index contributed by atoms with van der Waals surface area (Å²) in [6.07, 6.45) is 7.46. The van der Waals surface area contributed by atoms with E-state index >= 15 is 0 Å². The highest BCUT2D eigenvalue weighted by molar-refractivity contribution is 5.91.